The summed E-state index contributed by atoms with van der Waals surface area (Å²) in [6.45, 7) is 2.62. The largest absolute Gasteiger partial charge is 0.487 e. The Bertz CT molecular complexity index is 1070. The van der Waals surface area contributed by atoms with Crippen molar-refractivity contribution in [3.05, 3.63) is 53.3 Å². The molecule has 1 aliphatic rings. The van der Waals surface area contributed by atoms with Crippen LogP contribution in [-0.2, 0) is 4.79 Å². The fourth-order valence-electron chi connectivity index (χ4n) is 3.58. The summed E-state index contributed by atoms with van der Waals surface area (Å²) in [6.07, 6.45) is 0.0174. The number of hydrogen-bond donors (Lipinski definition) is 2. The molecule has 30 heavy (non-hydrogen) atoms. The highest BCUT2D eigenvalue weighted by Gasteiger charge is 2.40. The molecule has 3 aromatic rings. The van der Waals surface area contributed by atoms with E-state index in [1.807, 2.05) is 17.0 Å². The molecule has 0 unspecified atom stereocenters. The van der Waals surface area contributed by atoms with Gasteiger partial charge in [-0.1, -0.05) is 29.0 Å². The number of ether oxygens (including phenoxy) is 1. The number of hydrogen-bond acceptors (Lipinski definition) is 6. The van der Waals surface area contributed by atoms with E-state index in [0.29, 0.717) is 28.9 Å². The summed E-state index contributed by atoms with van der Waals surface area (Å²) in [4.78, 5) is 18.7. The number of aliphatic hydroxyl groups is 1. The van der Waals surface area contributed by atoms with Crippen LogP contribution in [0.4, 0.5) is 9.52 Å². The number of thiazole rings is 1. The van der Waals surface area contributed by atoms with Crippen LogP contribution in [0.1, 0.15) is 13.3 Å². The van der Waals surface area contributed by atoms with Gasteiger partial charge in [0.25, 0.3) is 0 Å². The molecule has 9 heteroatoms. The number of likely N-dealkylation sites (tertiary alicyclic amines) is 1. The van der Waals surface area contributed by atoms with Crippen molar-refractivity contribution < 1.29 is 19.0 Å². The molecule has 0 saturated carbocycles. The number of benzene rings is 2. The standard InChI is InChI=1S/C21H21ClFN3O3S/c1-21(28)12-26(8-7-18(21)29-15-4-2-3-14(23)10-15)11-19(27)25-20-24-16-6-5-13(22)9-17(16)30-20/h2-6,9-10,18,28H,7-8,11-12H2,1H3,(H,24,25,27)/t18-,21-/m0/s1. The SMILES string of the molecule is C[C@]1(O)CN(CC(=O)Nc2nc3ccc(Cl)cc3s2)CC[C@@H]1Oc1cccc(F)c1. The number of nitrogens with zero attached hydrogens (tertiary/aromatic N) is 2. The first-order valence-corrected chi connectivity index (χ1v) is 10.7. The van der Waals surface area contributed by atoms with Crippen molar-refractivity contribution in [2.45, 2.75) is 25.0 Å². The number of carbonyl (C=O) groups excluding carboxylic acids is 1. The van der Waals surface area contributed by atoms with E-state index in [9.17, 15) is 14.3 Å². The van der Waals surface area contributed by atoms with Crippen LogP contribution in [0.5, 0.6) is 5.75 Å². The Morgan fingerprint density at radius 2 is 2.27 bits per heavy atom. The second-order valence-electron chi connectivity index (χ2n) is 7.60. The van der Waals surface area contributed by atoms with E-state index in [2.05, 4.69) is 10.3 Å². The number of amides is 1. The predicted molar refractivity (Wildman–Crippen MR) is 116 cm³/mol. The monoisotopic (exact) mass is 449 g/mol. The van der Waals surface area contributed by atoms with Crippen LogP contribution >= 0.6 is 22.9 Å². The molecule has 0 spiro atoms. The van der Waals surface area contributed by atoms with Gasteiger partial charge in [0.1, 0.15) is 23.3 Å². The molecule has 1 fully saturated rings. The van der Waals surface area contributed by atoms with Crippen LogP contribution in [0.2, 0.25) is 5.02 Å². The lowest BCUT2D eigenvalue weighted by Gasteiger charge is -2.42. The van der Waals surface area contributed by atoms with Crippen LogP contribution in [-0.4, -0.2) is 52.2 Å². The zero-order chi connectivity index (χ0) is 21.3. The first-order valence-electron chi connectivity index (χ1n) is 9.51. The predicted octanol–water partition coefficient (Wildman–Crippen LogP) is 3.93. The Labute approximate surface area is 182 Å². The molecule has 0 radical (unpaired) electrons. The van der Waals surface area contributed by atoms with Crippen LogP contribution in [0.15, 0.2) is 42.5 Å². The number of aromatic nitrogens is 1. The lowest BCUT2D eigenvalue weighted by molar-refractivity contribution is -0.123. The van der Waals surface area contributed by atoms with Crippen molar-refractivity contribution in [2.75, 3.05) is 25.0 Å². The van der Waals surface area contributed by atoms with Crippen molar-refractivity contribution in [1.82, 2.24) is 9.88 Å². The maximum atomic E-state index is 13.4. The summed E-state index contributed by atoms with van der Waals surface area (Å²) in [5.41, 5.74) is -0.407. The first kappa shape index (κ1) is 21.0. The Morgan fingerprint density at radius 3 is 3.03 bits per heavy atom. The number of nitrogens with one attached hydrogen (secondary N) is 1. The van der Waals surface area contributed by atoms with Crippen LogP contribution in [0.3, 0.4) is 0 Å². The van der Waals surface area contributed by atoms with E-state index in [0.717, 1.165) is 10.2 Å². The lowest BCUT2D eigenvalue weighted by Crippen LogP contribution is -2.58. The summed E-state index contributed by atoms with van der Waals surface area (Å²) in [6, 6.07) is 11.2. The first-order chi connectivity index (χ1) is 14.3. The molecular weight excluding hydrogens is 429 g/mol. The molecular formula is C21H21ClFN3O3S. The molecule has 1 aromatic heterocycles. The smallest absolute Gasteiger partial charge is 0.240 e. The van der Waals surface area contributed by atoms with Crippen molar-refractivity contribution >= 4 is 44.2 Å². The van der Waals surface area contributed by atoms with E-state index < -0.39 is 17.5 Å². The van der Waals surface area contributed by atoms with E-state index in [1.165, 1.54) is 23.5 Å². The second kappa shape index (κ2) is 8.47. The Morgan fingerprint density at radius 1 is 1.43 bits per heavy atom. The van der Waals surface area contributed by atoms with E-state index in [-0.39, 0.29) is 19.0 Å². The summed E-state index contributed by atoms with van der Waals surface area (Å²) >= 11 is 7.35. The third-order valence-corrected chi connectivity index (χ3v) is 6.15. The maximum absolute atomic E-state index is 13.4. The maximum Gasteiger partial charge on any atom is 0.240 e. The minimum Gasteiger partial charge on any atom is -0.487 e. The van der Waals surface area contributed by atoms with Crippen molar-refractivity contribution in [2.24, 2.45) is 0 Å². The zero-order valence-electron chi connectivity index (χ0n) is 16.3. The van der Waals surface area contributed by atoms with Gasteiger partial charge in [0.15, 0.2) is 5.13 Å². The minimum atomic E-state index is -1.18. The molecule has 0 aliphatic carbocycles. The van der Waals surface area contributed by atoms with Gasteiger partial charge in [-0.3, -0.25) is 9.69 Å². The number of fused-ring (bicyclic) bond motifs is 1. The lowest BCUT2D eigenvalue weighted by atomic mass is 9.91. The fourth-order valence-corrected chi connectivity index (χ4v) is 4.74. The van der Waals surface area contributed by atoms with Crippen molar-refractivity contribution in [3.63, 3.8) is 0 Å². The number of piperidine rings is 1. The molecule has 4 rings (SSSR count). The molecule has 1 saturated heterocycles. The third-order valence-electron chi connectivity index (χ3n) is 4.98. The Kier molecular flexibility index (Phi) is 5.92. The summed E-state index contributed by atoms with van der Waals surface area (Å²) in [5.74, 6) is -0.221. The molecule has 1 aliphatic heterocycles. The van der Waals surface area contributed by atoms with Gasteiger partial charge < -0.3 is 15.2 Å². The highest BCUT2D eigenvalue weighted by atomic mass is 35.5. The van der Waals surface area contributed by atoms with E-state index >= 15 is 0 Å². The Balaban J connectivity index is 1.34. The number of carbonyl (C=O) groups is 1. The molecule has 2 N–H and O–H groups in total. The molecule has 1 amide bonds. The molecule has 2 heterocycles. The quantitative estimate of drug-likeness (QED) is 0.617. The molecule has 2 aromatic carbocycles. The van der Waals surface area contributed by atoms with Gasteiger partial charge in [-0.2, -0.15) is 0 Å². The number of anilines is 1. The topological polar surface area (TPSA) is 74.7 Å². The number of halogens is 2. The minimum absolute atomic E-state index is 0.125. The highest BCUT2D eigenvalue weighted by molar-refractivity contribution is 7.22. The van der Waals surface area contributed by atoms with Crippen molar-refractivity contribution in [3.8, 4) is 5.75 Å². The van der Waals surface area contributed by atoms with Gasteiger partial charge in [0.05, 0.1) is 16.8 Å². The molecule has 0 bridgehead atoms. The van der Waals surface area contributed by atoms with Crippen LogP contribution in [0, 0.1) is 5.82 Å². The van der Waals surface area contributed by atoms with E-state index in [1.54, 1.807) is 25.1 Å². The van der Waals surface area contributed by atoms with E-state index in [4.69, 9.17) is 16.3 Å². The van der Waals surface area contributed by atoms with Crippen LogP contribution in [0.25, 0.3) is 10.2 Å². The van der Waals surface area contributed by atoms with Gasteiger partial charge in [0, 0.05) is 24.2 Å². The van der Waals surface area contributed by atoms with Crippen molar-refractivity contribution in [1.29, 1.82) is 0 Å². The zero-order valence-corrected chi connectivity index (χ0v) is 17.8. The average molecular weight is 450 g/mol. The fraction of sp³-hybridized carbons (Fsp3) is 0.333. The summed E-state index contributed by atoms with van der Waals surface area (Å²) < 4.78 is 20.1. The third kappa shape index (κ3) is 4.89. The Hall–Kier alpha value is -2.26. The molecule has 6 nitrogen and oxygen atoms in total. The molecule has 2 atom stereocenters. The van der Waals surface area contributed by atoms with Crippen LogP contribution < -0.4 is 10.1 Å². The highest BCUT2D eigenvalue weighted by Crippen LogP contribution is 2.29. The molecule has 158 valence electrons. The number of rotatable bonds is 5. The average Bonchev–Trinajstić information content (AvgIpc) is 3.04. The summed E-state index contributed by atoms with van der Waals surface area (Å²) in [5, 5.41) is 14.8. The van der Waals surface area contributed by atoms with Gasteiger partial charge in [-0.25, -0.2) is 9.37 Å². The summed E-state index contributed by atoms with van der Waals surface area (Å²) in [7, 11) is 0. The van der Waals surface area contributed by atoms with Gasteiger partial charge in [0.2, 0.25) is 5.91 Å². The van der Waals surface area contributed by atoms with Gasteiger partial charge in [-0.05, 0) is 43.7 Å². The van der Waals surface area contributed by atoms with Gasteiger partial charge in [-0.15, -0.1) is 0 Å². The van der Waals surface area contributed by atoms with Gasteiger partial charge >= 0.3 is 0 Å². The number of β-amino-alcohol motifs (C(OH)–C–C–N with tert-alkyl or cyclic N) is 1. The second-order valence-corrected chi connectivity index (χ2v) is 9.07. The normalized spacial score (nSPS) is 22.2.